The summed E-state index contributed by atoms with van der Waals surface area (Å²) in [6.45, 7) is 2.10. The maximum atomic E-state index is 11.9. The third-order valence-corrected chi connectivity index (χ3v) is 2.66. The Morgan fingerprint density at radius 2 is 1.65 bits per heavy atom. The van der Waals surface area contributed by atoms with Crippen LogP contribution in [0, 0.1) is 5.21 Å². The van der Waals surface area contributed by atoms with E-state index in [0.29, 0.717) is 5.69 Å². The molecule has 0 fully saturated rings. The summed E-state index contributed by atoms with van der Waals surface area (Å²) in [7, 11) is 0. The first-order valence-corrected chi connectivity index (χ1v) is 5.75. The minimum atomic E-state index is 0.658. The molecule has 0 saturated carbocycles. The lowest BCUT2D eigenvalue weighted by Gasteiger charge is -2.03. The lowest BCUT2D eigenvalue weighted by atomic mass is 10.1. The van der Waals surface area contributed by atoms with Crippen LogP contribution in [0.25, 0.3) is 0 Å². The molecule has 2 heteroatoms. The van der Waals surface area contributed by atoms with E-state index in [0.717, 1.165) is 16.7 Å². The van der Waals surface area contributed by atoms with Crippen molar-refractivity contribution in [1.29, 1.82) is 0 Å². The fourth-order valence-electron chi connectivity index (χ4n) is 1.63. The van der Waals surface area contributed by atoms with Gasteiger partial charge in [0.25, 0.3) is 0 Å². The van der Waals surface area contributed by atoms with Gasteiger partial charge in [-0.2, -0.15) is 4.74 Å². The summed E-state index contributed by atoms with van der Waals surface area (Å²) in [5, 5.41) is 11.9. The van der Waals surface area contributed by atoms with E-state index >= 15 is 0 Å². The second kappa shape index (κ2) is 5.30. The summed E-state index contributed by atoms with van der Waals surface area (Å²) in [4.78, 5) is 0. The van der Waals surface area contributed by atoms with Crippen molar-refractivity contribution in [2.24, 2.45) is 0 Å². The molecule has 0 aliphatic rings. The molecule has 0 aliphatic heterocycles. The van der Waals surface area contributed by atoms with Crippen LogP contribution in [0.15, 0.2) is 54.6 Å². The van der Waals surface area contributed by atoms with Gasteiger partial charge in [-0.15, -0.1) is 0 Å². The molecule has 0 aromatic heterocycles. The van der Waals surface area contributed by atoms with Gasteiger partial charge < -0.3 is 5.21 Å². The van der Waals surface area contributed by atoms with Gasteiger partial charge in [-0.1, -0.05) is 37.3 Å². The van der Waals surface area contributed by atoms with Crippen LogP contribution >= 0.6 is 0 Å². The Morgan fingerprint density at radius 3 is 2.24 bits per heavy atom. The molecule has 86 valence electrons. The second-order valence-corrected chi connectivity index (χ2v) is 3.89. The zero-order valence-corrected chi connectivity index (χ0v) is 9.84. The van der Waals surface area contributed by atoms with Crippen molar-refractivity contribution >= 4 is 11.9 Å². The van der Waals surface area contributed by atoms with E-state index in [1.165, 1.54) is 5.56 Å². The van der Waals surface area contributed by atoms with Crippen LogP contribution in [0.1, 0.15) is 18.1 Å². The van der Waals surface area contributed by atoms with Crippen molar-refractivity contribution in [2.45, 2.75) is 13.3 Å². The molecule has 0 atom stereocenters. The van der Waals surface area contributed by atoms with Crippen molar-refractivity contribution in [2.75, 3.05) is 0 Å². The summed E-state index contributed by atoms with van der Waals surface area (Å²) < 4.78 is 0.898. The normalized spacial score (nSPS) is 11.5. The summed E-state index contributed by atoms with van der Waals surface area (Å²) in [5.74, 6) is 0. The predicted molar refractivity (Wildman–Crippen MR) is 70.7 cm³/mol. The van der Waals surface area contributed by atoms with Crippen LogP contribution in [0.2, 0.25) is 0 Å². The fraction of sp³-hybridized carbons (Fsp3) is 0.133. The van der Waals surface area contributed by atoms with Crippen LogP contribution in [-0.4, -0.2) is 11.0 Å². The summed E-state index contributed by atoms with van der Waals surface area (Å²) in [6, 6.07) is 17.3. The molecule has 0 radical (unpaired) electrons. The molecule has 0 bridgehead atoms. The third-order valence-electron chi connectivity index (χ3n) is 2.66. The monoisotopic (exact) mass is 225 g/mol. The predicted octanol–water partition coefficient (Wildman–Crippen LogP) is 3.51. The van der Waals surface area contributed by atoms with E-state index in [2.05, 4.69) is 6.92 Å². The Bertz CT molecular complexity index is 500. The molecule has 2 aromatic carbocycles. The average molecular weight is 225 g/mol. The van der Waals surface area contributed by atoms with Gasteiger partial charge in [-0.05, 0) is 24.1 Å². The van der Waals surface area contributed by atoms with Crippen LogP contribution < -0.4 is 0 Å². The van der Waals surface area contributed by atoms with Gasteiger partial charge >= 0.3 is 0 Å². The lowest BCUT2D eigenvalue weighted by molar-refractivity contribution is -0.354. The van der Waals surface area contributed by atoms with Gasteiger partial charge in [0.05, 0.1) is 0 Å². The molecule has 0 spiro atoms. The highest BCUT2D eigenvalue weighted by molar-refractivity contribution is 5.76. The molecule has 0 amide bonds. The number of aryl methyl sites for hydroxylation is 1. The van der Waals surface area contributed by atoms with Crippen LogP contribution in [-0.2, 0) is 6.42 Å². The molecular weight excluding hydrogens is 210 g/mol. The Kier molecular flexibility index (Phi) is 3.55. The number of rotatable bonds is 3. The highest BCUT2D eigenvalue weighted by Gasteiger charge is 2.01. The van der Waals surface area contributed by atoms with Gasteiger partial charge in [-0.3, -0.25) is 0 Å². The van der Waals surface area contributed by atoms with Gasteiger partial charge in [0.1, 0.15) is 0 Å². The maximum Gasteiger partial charge on any atom is 0.216 e. The lowest BCUT2D eigenvalue weighted by Crippen LogP contribution is -1.98. The molecular formula is C15H15NO. The molecule has 0 unspecified atom stereocenters. The quantitative estimate of drug-likeness (QED) is 0.340. The van der Waals surface area contributed by atoms with E-state index in [9.17, 15) is 5.21 Å². The van der Waals surface area contributed by atoms with E-state index < -0.39 is 0 Å². The highest BCUT2D eigenvalue weighted by Crippen LogP contribution is 2.12. The van der Waals surface area contributed by atoms with Crippen molar-refractivity contribution in [3.8, 4) is 0 Å². The average Bonchev–Trinajstić information content (AvgIpc) is 2.40. The molecule has 2 nitrogen and oxygen atoms in total. The Hall–Kier alpha value is -2.09. The molecule has 2 rings (SSSR count). The van der Waals surface area contributed by atoms with Crippen molar-refractivity contribution in [3.63, 3.8) is 0 Å². The van der Waals surface area contributed by atoms with Gasteiger partial charge in [0.15, 0.2) is 6.21 Å². The Morgan fingerprint density at radius 1 is 1.00 bits per heavy atom. The first-order chi connectivity index (χ1) is 8.29. The standard InChI is InChI=1S/C15H15NO/c1-2-13-8-10-15(11-9-13)16(17)12-14-6-4-3-5-7-14/h3-12H,2H2,1H3. The van der Waals surface area contributed by atoms with Crippen molar-refractivity contribution in [1.82, 2.24) is 0 Å². The van der Waals surface area contributed by atoms with E-state index in [1.54, 1.807) is 6.21 Å². The zero-order valence-electron chi connectivity index (χ0n) is 9.84. The van der Waals surface area contributed by atoms with Crippen LogP contribution in [0.3, 0.4) is 0 Å². The molecule has 0 aliphatic carbocycles. The van der Waals surface area contributed by atoms with Gasteiger partial charge in [0, 0.05) is 17.7 Å². The van der Waals surface area contributed by atoms with E-state index in [1.807, 2.05) is 54.6 Å². The first kappa shape index (κ1) is 11.4. The minimum Gasteiger partial charge on any atom is -0.618 e. The fourth-order valence-corrected chi connectivity index (χ4v) is 1.63. The third kappa shape index (κ3) is 2.94. The number of hydrogen-bond donors (Lipinski definition) is 0. The largest absolute Gasteiger partial charge is 0.618 e. The molecule has 0 N–H and O–H groups in total. The molecule has 0 saturated heterocycles. The number of nitrogens with zero attached hydrogens (tertiary/aromatic N) is 1. The Labute approximate surface area is 101 Å². The molecule has 0 heterocycles. The SMILES string of the molecule is CCc1ccc([N+]([O-])=Cc2ccccc2)cc1. The van der Waals surface area contributed by atoms with Crippen LogP contribution in [0.5, 0.6) is 0 Å². The first-order valence-electron chi connectivity index (χ1n) is 5.75. The van der Waals surface area contributed by atoms with Crippen molar-refractivity contribution in [3.05, 3.63) is 70.9 Å². The maximum absolute atomic E-state index is 11.9. The van der Waals surface area contributed by atoms with Gasteiger partial charge in [0.2, 0.25) is 5.69 Å². The smallest absolute Gasteiger partial charge is 0.216 e. The molecule has 2 aromatic rings. The summed E-state index contributed by atoms with van der Waals surface area (Å²) in [5.41, 5.74) is 2.80. The zero-order chi connectivity index (χ0) is 12.1. The van der Waals surface area contributed by atoms with Crippen molar-refractivity contribution < 1.29 is 4.74 Å². The molecule has 17 heavy (non-hydrogen) atoms. The number of benzene rings is 2. The topological polar surface area (TPSA) is 26.1 Å². The second-order valence-electron chi connectivity index (χ2n) is 3.89. The van der Waals surface area contributed by atoms with E-state index in [-0.39, 0.29) is 0 Å². The van der Waals surface area contributed by atoms with E-state index in [4.69, 9.17) is 0 Å². The summed E-state index contributed by atoms with van der Waals surface area (Å²) >= 11 is 0. The van der Waals surface area contributed by atoms with Crippen LogP contribution in [0.4, 0.5) is 5.69 Å². The summed E-state index contributed by atoms with van der Waals surface area (Å²) in [6.07, 6.45) is 2.57. The number of hydrogen-bond acceptors (Lipinski definition) is 1. The Balaban J connectivity index is 2.24. The van der Waals surface area contributed by atoms with Gasteiger partial charge in [-0.25, -0.2) is 0 Å². The minimum absolute atomic E-state index is 0.658. The highest BCUT2D eigenvalue weighted by atomic mass is 16.5.